The number of carbonyl (C=O) groups excluding carboxylic acids is 6. The number of ether oxygens (including phenoxy) is 3. The largest absolute Gasteiger partial charge is 0.590 e. The van der Waals surface area contributed by atoms with Gasteiger partial charge in [0.05, 0.1) is 61.2 Å². The van der Waals surface area contributed by atoms with Crippen molar-refractivity contribution in [3.8, 4) is 0 Å². The summed E-state index contributed by atoms with van der Waals surface area (Å²) in [5.41, 5.74) is 9.12. The molecule has 27 heteroatoms. The van der Waals surface area contributed by atoms with Crippen molar-refractivity contribution in [3.63, 3.8) is 0 Å². The van der Waals surface area contributed by atoms with Crippen molar-refractivity contribution in [2.24, 2.45) is 11.7 Å². The van der Waals surface area contributed by atoms with Crippen LogP contribution in [0.4, 0.5) is 17.1 Å². The van der Waals surface area contributed by atoms with Crippen LogP contribution < -0.4 is 11.3 Å². The number of hydrogen-bond donors (Lipinski definition) is 3. The molecule has 388 valence electrons. The second kappa shape index (κ2) is 30.8. The zero-order valence-electron chi connectivity index (χ0n) is 40.0. The molecule has 0 spiro atoms. The van der Waals surface area contributed by atoms with Gasteiger partial charge in [-0.2, -0.15) is 0 Å². The minimum Gasteiger partial charge on any atom is -0.469 e. The van der Waals surface area contributed by atoms with Crippen molar-refractivity contribution in [2.45, 2.75) is 59.3 Å². The number of hydrogen-bond acceptors (Lipinski definition) is 19. The van der Waals surface area contributed by atoms with Gasteiger partial charge in [-0.25, -0.2) is 15.0 Å². The highest BCUT2D eigenvalue weighted by Gasteiger charge is 2.35. The summed E-state index contributed by atoms with van der Waals surface area (Å²) in [6.07, 6.45) is 0.614. The molecule has 2 heterocycles. The average molecular weight is 1060 g/mol. The van der Waals surface area contributed by atoms with Gasteiger partial charge in [-0.05, 0) is 37.5 Å². The number of ketones is 1. The van der Waals surface area contributed by atoms with E-state index in [0.717, 1.165) is 16.7 Å². The van der Waals surface area contributed by atoms with E-state index in [1.54, 1.807) is 50.2 Å². The molecule has 0 saturated heterocycles. The van der Waals surface area contributed by atoms with Gasteiger partial charge in [0.25, 0.3) is 22.6 Å². The van der Waals surface area contributed by atoms with E-state index in [1.165, 1.54) is 64.7 Å². The van der Waals surface area contributed by atoms with Gasteiger partial charge in [0, 0.05) is 83.0 Å². The zero-order chi connectivity index (χ0) is 54.2. The van der Waals surface area contributed by atoms with Gasteiger partial charge in [0.2, 0.25) is 0 Å². The lowest BCUT2D eigenvalue weighted by molar-refractivity contribution is -0.385. The summed E-state index contributed by atoms with van der Waals surface area (Å²) in [5.74, 6) is -2.98. The number of benzene rings is 3. The Kier molecular flexibility index (Phi) is 26.3. The van der Waals surface area contributed by atoms with Crippen LogP contribution in [0.25, 0.3) is 0 Å². The van der Waals surface area contributed by atoms with Crippen molar-refractivity contribution >= 4 is 83.4 Å². The number of aromatic amines is 1. The fraction of sp³-hybridized carbons (Fsp3) is 0.283. The lowest BCUT2D eigenvalue weighted by atomic mass is 10.0. The van der Waals surface area contributed by atoms with E-state index in [0.29, 0.717) is 47.9 Å². The number of nitrogens with zero attached hydrogens (tertiary/aromatic N) is 6. The average Bonchev–Trinajstić information content (AvgIpc) is 3.33. The van der Waals surface area contributed by atoms with Crippen LogP contribution in [0.1, 0.15) is 64.2 Å². The Morgan fingerprint density at radius 1 is 0.699 bits per heavy atom. The first-order valence-electron chi connectivity index (χ1n) is 20.7. The van der Waals surface area contributed by atoms with E-state index in [-0.39, 0.29) is 70.8 Å². The summed E-state index contributed by atoms with van der Waals surface area (Å²) in [6, 6.07) is 18.1. The SMILES string of the molecule is C=[O+]C(=O)C(CC(=O)OC)C(C)=O.COC(=O)Cc1c(C)nc(Cc2ccc([N+](=O)[O-])cc2)[nH]c1=O.COC(=O)Cc1c(C)nc(Cc2ccc([N+](=O)[O-])cc2)nc1Cl.Cl.N=C(N)Cc1ccc([N+](=O)[O-])cc1. The molecule has 0 aliphatic rings. The molecule has 5 rings (SSSR count). The Morgan fingerprint density at radius 3 is 1.48 bits per heavy atom. The lowest BCUT2D eigenvalue weighted by Gasteiger charge is -2.09. The summed E-state index contributed by atoms with van der Waals surface area (Å²) in [5, 5.41) is 38.7. The number of nitrogens with two attached hydrogens (primary N) is 1. The van der Waals surface area contributed by atoms with Gasteiger partial charge in [-0.3, -0.25) is 64.1 Å². The predicted molar refractivity (Wildman–Crippen MR) is 264 cm³/mol. The Labute approximate surface area is 426 Å². The molecule has 0 fully saturated rings. The lowest BCUT2D eigenvalue weighted by Crippen LogP contribution is -2.25. The van der Waals surface area contributed by atoms with Gasteiger partial charge in [0.1, 0.15) is 16.8 Å². The molecule has 0 bridgehead atoms. The smallest absolute Gasteiger partial charge is 0.469 e. The van der Waals surface area contributed by atoms with Crippen LogP contribution in [0.2, 0.25) is 5.15 Å². The van der Waals surface area contributed by atoms with E-state index < -0.39 is 50.3 Å². The molecule has 5 aromatic rings. The van der Waals surface area contributed by atoms with Gasteiger partial charge >= 0.3 is 23.9 Å². The molecule has 4 N–H and O–H groups in total. The fourth-order valence-electron chi connectivity index (χ4n) is 5.84. The third-order valence-electron chi connectivity index (χ3n) is 9.66. The Morgan fingerprint density at radius 2 is 1.11 bits per heavy atom. The van der Waals surface area contributed by atoms with Crippen LogP contribution in [-0.4, -0.2) is 98.3 Å². The highest BCUT2D eigenvalue weighted by atomic mass is 35.5. The second-order valence-electron chi connectivity index (χ2n) is 14.8. The van der Waals surface area contributed by atoms with Gasteiger partial charge < -0.3 is 24.9 Å². The van der Waals surface area contributed by atoms with Crippen LogP contribution in [0.5, 0.6) is 0 Å². The summed E-state index contributed by atoms with van der Waals surface area (Å²) >= 11 is 6.12. The summed E-state index contributed by atoms with van der Waals surface area (Å²) < 4.78 is 17.6. The van der Waals surface area contributed by atoms with E-state index in [2.05, 4.69) is 45.4 Å². The molecular formula is C46H50Cl2N9O16+. The number of nitrogens with one attached hydrogen (secondary N) is 2. The third-order valence-corrected chi connectivity index (χ3v) is 9.98. The molecule has 25 nitrogen and oxygen atoms in total. The van der Waals surface area contributed by atoms with E-state index in [4.69, 9.17) is 22.7 Å². The van der Waals surface area contributed by atoms with E-state index in [1.807, 2.05) is 0 Å². The van der Waals surface area contributed by atoms with Crippen LogP contribution in [0, 0.1) is 55.5 Å². The number of methoxy groups -OCH3 is 3. The van der Waals surface area contributed by atoms with Crippen molar-refractivity contribution in [3.05, 3.63) is 170 Å². The molecule has 0 aliphatic carbocycles. The van der Waals surface area contributed by atoms with Crippen LogP contribution in [0.3, 0.4) is 0 Å². The maximum Gasteiger partial charge on any atom is 0.590 e. The number of aryl methyl sites for hydroxylation is 2. The number of nitro groups is 3. The standard InChI is InChI=1S/C15H14ClN3O4.C15H15N3O5.C8H9N3O2.C8H11O5.ClH/c1-9-12(8-14(20)23-2)15(16)18-13(17-9)7-10-3-5-11(6-4-10)19(21)22;1-9-12(8-14(19)23-2)15(20)17-13(16-9)7-10-3-5-11(6-4-10)18(21)22;9-8(10)5-6-1-3-7(4-2-6)11(12)13;1-5(9)6(8(11)13-3)4-7(10)12-2;/h3-6H,7-8H2,1-2H3;3-6H,7-8H2,1-2H3,(H,16,17,20);1-4H,5H2,(H3,9,10);6H,3-4H2,1-2H3;1H/q;;;+1;. The van der Waals surface area contributed by atoms with Crippen LogP contribution in [-0.2, 0) is 74.7 Å². The van der Waals surface area contributed by atoms with Crippen LogP contribution in [0.15, 0.2) is 77.6 Å². The first-order valence-corrected chi connectivity index (χ1v) is 21.1. The number of amidine groups is 1. The zero-order valence-corrected chi connectivity index (χ0v) is 41.6. The summed E-state index contributed by atoms with van der Waals surface area (Å²) in [4.78, 5) is 113. The first kappa shape index (κ1) is 62.3. The number of non-ortho nitro benzene ring substituents is 3. The normalized spacial score (nSPS) is 10.3. The minimum atomic E-state index is -1.11. The molecule has 0 amide bonds. The molecule has 1 unspecified atom stereocenters. The number of aromatic nitrogens is 4. The minimum absolute atomic E-state index is 0. The predicted octanol–water partition coefficient (Wildman–Crippen LogP) is 5.09. The molecule has 2 aromatic heterocycles. The van der Waals surface area contributed by atoms with Gasteiger partial charge in [-0.15, -0.1) is 12.4 Å². The van der Waals surface area contributed by atoms with Crippen molar-refractivity contribution in [1.82, 2.24) is 19.9 Å². The van der Waals surface area contributed by atoms with Gasteiger partial charge in [-0.1, -0.05) is 48.0 Å². The molecular weight excluding hydrogens is 1010 g/mol. The Hall–Kier alpha value is -8.71. The summed E-state index contributed by atoms with van der Waals surface area (Å²) in [6.45, 7) is 7.45. The Bertz CT molecular complexity index is 2840. The number of nitro benzene ring substituents is 3. The number of rotatable bonds is 17. The summed E-state index contributed by atoms with van der Waals surface area (Å²) in [7, 11) is 3.73. The fourth-order valence-corrected chi connectivity index (χ4v) is 6.14. The van der Waals surface area contributed by atoms with Crippen LogP contribution >= 0.6 is 24.0 Å². The maximum atomic E-state index is 12.1. The van der Waals surface area contributed by atoms with Crippen molar-refractivity contribution < 1.29 is 57.4 Å². The van der Waals surface area contributed by atoms with Gasteiger partial charge in [0.15, 0.2) is 18.5 Å². The number of carbonyl (C=O) groups is 5. The van der Waals surface area contributed by atoms with E-state index in [9.17, 15) is 59.1 Å². The monoisotopic (exact) mass is 1050 g/mol. The van der Waals surface area contributed by atoms with Crippen molar-refractivity contribution in [2.75, 3.05) is 21.3 Å². The number of esters is 3. The first-order chi connectivity index (χ1) is 33.9. The van der Waals surface area contributed by atoms with E-state index >= 15 is 0 Å². The quantitative estimate of drug-likeness (QED) is 0.0126. The Balaban J connectivity index is 0.000000502. The molecule has 1 atom stereocenters. The molecule has 73 heavy (non-hydrogen) atoms. The maximum absolute atomic E-state index is 12.1. The molecule has 3 aromatic carbocycles. The number of H-pyrrole nitrogens is 1. The topological polar surface area (TPSA) is 375 Å². The number of halogens is 2. The molecule has 0 saturated carbocycles. The second-order valence-corrected chi connectivity index (χ2v) is 15.2. The van der Waals surface area contributed by atoms with Crippen molar-refractivity contribution in [1.29, 1.82) is 5.41 Å². The highest BCUT2D eigenvalue weighted by molar-refractivity contribution is 6.30. The highest BCUT2D eigenvalue weighted by Crippen LogP contribution is 2.21. The number of Topliss-reactive ketones (excluding diaryl/α,β-unsaturated/α-hetero) is 1. The third kappa shape index (κ3) is 21.4. The molecule has 0 radical (unpaired) electrons. The molecule has 0 aliphatic heterocycles.